The van der Waals surface area contributed by atoms with Crippen molar-refractivity contribution >= 4 is 17.8 Å². The lowest BCUT2D eigenvalue weighted by molar-refractivity contribution is -0.137. The highest BCUT2D eigenvalue weighted by Crippen LogP contribution is 2.18. The Morgan fingerprint density at radius 2 is 1.59 bits per heavy atom. The summed E-state index contributed by atoms with van der Waals surface area (Å²) in [6, 6.07) is 0.459. The van der Waals surface area contributed by atoms with Crippen LogP contribution >= 0.6 is 0 Å². The van der Waals surface area contributed by atoms with Crippen LogP contribution in [0.4, 0.5) is 0 Å². The smallest absolute Gasteiger partial charge is 0.303 e. The fourth-order valence-corrected chi connectivity index (χ4v) is 3.91. The zero-order valence-electron chi connectivity index (χ0n) is 17.7. The molecule has 2 amide bonds. The number of nitrogens with zero attached hydrogens (tertiary/aromatic N) is 3. The molecule has 0 aromatic rings. The topological polar surface area (TPSA) is 105 Å². The van der Waals surface area contributed by atoms with Gasteiger partial charge in [0.1, 0.15) is 0 Å². The van der Waals surface area contributed by atoms with E-state index in [1.165, 1.54) is 0 Å². The number of carbonyl (C=O) groups excluding carboxylic acids is 2. The standard InChI is InChI=1S/C20H37N5O4/c1-23-11-13-24(14-12-23)15-17-5-4-10-25(17)16-19(27)22-8-2-6-18(26)21-9-3-7-20(28)29/h17H,2-16H2,1H3,(H,21,26)(H,22,27)(H,28,29)/i1+1,11+1,13+1. The predicted octanol–water partition coefficient (Wildman–Crippen LogP) is -0.424. The molecule has 2 fully saturated rings. The number of nitrogens with one attached hydrogen (secondary N) is 2. The highest BCUT2D eigenvalue weighted by atomic mass is 16.4. The molecule has 9 heteroatoms. The Kier molecular flexibility index (Phi) is 10.4. The molecule has 3 N–H and O–H groups in total. The monoisotopic (exact) mass is 414 g/mol. The molecule has 2 aliphatic heterocycles. The summed E-state index contributed by atoms with van der Waals surface area (Å²) in [6.07, 6.45) is 3.71. The number of rotatable bonds is 12. The second-order valence-electron chi connectivity index (χ2n) is 8.17. The van der Waals surface area contributed by atoms with Gasteiger partial charge in [-0.2, -0.15) is 0 Å². The fourth-order valence-electron chi connectivity index (χ4n) is 3.91. The summed E-state index contributed by atoms with van der Waals surface area (Å²) in [6.45, 7) is 7.74. The number of amides is 2. The molecule has 2 aliphatic rings. The van der Waals surface area contributed by atoms with Crippen LogP contribution < -0.4 is 10.6 Å². The van der Waals surface area contributed by atoms with Gasteiger partial charge in [-0.05, 0) is 39.3 Å². The average molecular weight is 415 g/mol. The zero-order chi connectivity index (χ0) is 21.1. The minimum atomic E-state index is -0.856. The van der Waals surface area contributed by atoms with Crippen molar-refractivity contribution in [2.45, 2.75) is 44.6 Å². The molecule has 1 unspecified atom stereocenters. The summed E-state index contributed by atoms with van der Waals surface area (Å²) >= 11 is 0. The number of hydrogen-bond acceptors (Lipinski definition) is 6. The van der Waals surface area contributed by atoms with Gasteiger partial charge in [-0.15, -0.1) is 0 Å². The van der Waals surface area contributed by atoms with Crippen molar-refractivity contribution in [3.8, 4) is 0 Å². The Labute approximate surface area is 173 Å². The molecule has 2 saturated heterocycles. The van der Waals surface area contributed by atoms with Crippen molar-refractivity contribution in [2.24, 2.45) is 0 Å². The van der Waals surface area contributed by atoms with Gasteiger partial charge in [0.15, 0.2) is 0 Å². The molecule has 2 heterocycles. The lowest BCUT2D eigenvalue weighted by Gasteiger charge is -2.36. The van der Waals surface area contributed by atoms with Gasteiger partial charge in [0.05, 0.1) is 6.54 Å². The number of carbonyl (C=O) groups is 3. The summed E-state index contributed by atoms with van der Waals surface area (Å²) < 4.78 is 0. The van der Waals surface area contributed by atoms with Crippen LogP contribution in [0.3, 0.4) is 0 Å². The molecule has 29 heavy (non-hydrogen) atoms. The van der Waals surface area contributed by atoms with E-state index < -0.39 is 5.97 Å². The van der Waals surface area contributed by atoms with Gasteiger partial charge in [-0.1, -0.05) is 0 Å². The predicted molar refractivity (Wildman–Crippen MR) is 111 cm³/mol. The molecule has 1 atom stereocenters. The third-order valence-corrected chi connectivity index (χ3v) is 5.70. The first-order chi connectivity index (χ1) is 13.9. The van der Waals surface area contributed by atoms with Gasteiger partial charge in [0.25, 0.3) is 0 Å². The van der Waals surface area contributed by atoms with E-state index in [4.69, 9.17) is 5.11 Å². The number of hydrogen-bond donors (Lipinski definition) is 3. The van der Waals surface area contributed by atoms with E-state index in [0.29, 0.717) is 44.9 Å². The van der Waals surface area contributed by atoms with Gasteiger partial charge in [0.2, 0.25) is 11.8 Å². The van der Waals surface area contributed by atoms with Gasteiger partial charge >= 0.3 is 5.97 Å². The van der Waals surface area contributed by atoms with Gasteiger partial charge in [0, 0.05) is 64.7 Å². The molecule has 0 aromatic heterocycles. The Bertz CT molecular complexity index is 537. The maximum atomic E-state index is 12.3. The Morgan fingerprint density at radius 3 is 2.28 bits per heavy atom. The first kappa shape index (κ1) is 23.6. The van der Waals surface area contributed by atoms with Crippen LogP contribution in [0.15, 0.2) is 0 Å². The first-order valence-electron chi connectivity index (χ1n) is 10.8. The molecule has 0 spiro atoms. The van der Waals surface area contributed by atoms with Crippen LogP contribution in [0, 0.1) is 0 Å². The fraction of sp³-hybridized carbons (Fsp3) is 0.850. The van der Waals surface area contributed by atoms with E-state index in [0.717, 1.165) is 52.1 Å². The maximum absolute atomic E-state index is 12.3. The number of likely N-dealkylation sites (tertiary alicyclic amines) is 1. The van der Waals surface area contributed by atoms with Crippen LogP contribution in [0.5, 0.6) is 0 Å². The molecule has 2 rings (SSSR count). The SMILES string of the molecule is [13CH3]N1CCN(CC2CCCN2CC(=O)NCCCC(=O)NCCCC(=O)O)[13CH2][13CH2]1. The lowest BCUT2D eigenvalue weighted by Crippen LogP contribution is -2.50. The highest BCUT2D eigenvalue weighted by Gasteiger charge is 2.28. The van der Waals surface area contributed by atoms with Crippen molar-refractivity contribution in [1.29, 1.82) is 0 Å². The van der Waals surface area contributed by atoms with Gasteiger partial charge < -0.3 is 20.6 Å². The largest absolute Gasteiger partial charge is 0.481 e. The second-order valence-corrected chi connectivity index (χ2v) is 8.17. The second kappa shape index (κ2) is 12.8. The van der Waals surface area contributed by atoms with E-state index in [2.05, 4.69) is 32.4 Å². The van der Waals surface area contributed by atoms with E-state index in [9.17, 15) is 14.4 Å². The van der Waals surface area contributed by atoms with Crippen LogP contribution in [0.25, 0.3) is 0 Å². The zero-order valence-corrected chi connectivity index (χ0v) is 17.7. The molecule has 0 bridgehead atoms. The number of carboxylic acid groups (broad SMARTS) is 1. The number of likely N-dealkylation sites (N-methyl/N-ethyl adjacent to an activating group) is 1. The van der Waals surface area contributed by atoms with Crippen molar-refractivity contribution in [2.75, 3.05) is 66.0 Å². The summed E-state index contributed by atoms with van der Waals surface area (Å²) in [5.74, 6) is -0.931. The minimum absolute atomic E-state index is 0.0251. The summed E-state index contributed by atoms with van der Waals surface area (Å²) in [5.41, 5.74) is 0. The first-order valence-corrected chi connectivity index (χ1v) is 10.8. The Balaban J connectivity index is 1.55. The van der Waals surface area contributed by atoms with Crippen LogP contribution in [-0.4, -0.2) is 110 Å². The van der Waals surface area contributed by atoms with E-state index in [1.807, 2.05) is 0 Å². The minimum Gasteiger partial charge on any atom is -0.481 e. The molecular formula is C20H37N5O4. The number of carboxylic acids is 1. The highest BCUT2D eigenvalue weighted by molar-refractivity contribution is 5.78. The average Bonchev–Trinajstić information content (AvgIpc) is 3.10. The number of aliphatic carboxylic acids is 1. The third-order valence-electron chi connectivity index (χ3n) is 5.70. The molecular weight excluding hydrogens is 377 g/mol. The molecule has 0 aromatic carbocycles. The quantitative estimate of drug-likeness (QED) is 0.294. The van der Waals surface area contributed by atoms with Crippen LogP contribution in [-0.2, 0) is 14.4 Å². The van der Waals surface area contributed by atoms with Crippen molar-refractivity contribution in [3.05, 3.63) is 0 Å². The summed E-state index contributed by atoms with van der Waals surface area (Å²) in [4.78, 5) is 41.5. The van der Waals surface area contributed by atoms with E-state index >= 15 is 0 Å². The van der Waals surface area contributed by atoms with Crippen molar-refractivity contribution in [3.63, 3.8) is 0 Å². The number of piperazine rings is 1. The molecule has 0 radical (unpaired) electrons. The molecule has 0 saturated carbocycles. The van der Waals surface area contributed by atoms with Crippen molar-refractivity contribution < 1.29 is 19.5 Å². The van der Waals surface area contributed by atoms with E-state index in [-0.39, 0.29) is 18.2 Å². The van der Waals surface area contributed by atoms with Crippen LogP contribution in [0.2, 0.25) is 0 Å². The Morgan fingerprint density at radius 1 is 0.931 bits per heavy atom. The van der Waals surface area contributed by atoms with Gasteiger partial charge in [-0.3, -0.25) is 24.2 Å². The Hall–Kier alpha value is -1.71. The van der Waals surface area contributed by atoms with Gasteiger partial charge in [-0.25, -0.2) is 0 Å². The maximum Gasteiger partial charge on any atom is 0.303 e. The van der Waals surface area contributed by atoms with Crippen LogP contribution in [0.1, 0.15) is 38.5 Å². The molecule has 9 nitrogen and oxygen atoms in total. The lowest BCUT2D eigenvalue weighted by atomic mass is 10.2. The third kappa shape index (κ3) is 9.56. The molecule has 0 aliphatic carbocycles. The summed E-state index contributed by atoms with van der Waals surface area (Å²) in [7, 11) is 2.16. The van der Waals surface area contributed by atoms with E-state index in [1.54, 1.807) is 0 Å². The molecule has 166 valence electrons. The van der Waals surface area contributed by atoms with Crippen molar-refractivity contribution in [1.82, 2.24) is 25.3 Å². The normalized spacial score (nSPS) is 21.2. The summed E-state index contributed by atoms with van der Waals surface area (Å²) in [5, 5.41) is 14.2.